The summed E-state index contributed by atoms with van der Waals surface area (Å²) in [5.41, 5.74) is 4.34. The van der Waals surface area contributed by atoms with Crippen molar-refractivity contribution in [3.63, 3.8) is 0 Å². The van der Waals surface area contributed by atoms with Gasteiger partial charge in [-0.2, -0.15) is 10.1 Å². The maximum absolute atomic E-state index is 9.47. The van der Waals surface area contributed by atoms with Crippen molar-refractivity contribution in [2.75, 3.05) is 32.6 Å². The molecule has 2 aliphatic rings. The van der Waals surface area contributed by atoms with E-state index in [9.17, 15) is 5.11 Å². The average molecular weight is 409 g/mol. The van der Waals surface area contributed by atoms with Crippen LogP contribution in [0.25, 0.3) is 11.0 Å². The van der Waals surface area contributed by atoms with Gasteiger partial charge in [-0.15, -0.1) is 0 Å². The number of hydrogen-bond acceptors (Lipinski definition) is 7. The number of aromatic nitrogens is 4. The highest BCUT2D eigenvalue weighted by atomic mass is 16.5. The molecular weight excluding hydrogens is 380 g/mol. The lowest BCUT2D eigenvalue weighted by atomic mass is 9.99. The lowest BCUT2D eigenvalue weighted by Gasteiger charge is -2.26. The summed E-state index contributed by atoms with van der Waals surface area (Å²) in [5, 5.41) is 18.3. The first kappa shape index (κ1) is 19.3. The molecule has 2 atom stereocenters. The largest absolute Gasteiger partial charge is 0.495 e. The van der Waals surface area contributed by atoms with Crippen LogP contribution in [0.15, 0.2) is 24.5 Å². The molecule has 1 aliphatic carbocycles. The third kappa shape index (κ3) is 3.50. The van der Waals surface area contributed by atoms with Gasteiger partial charge in [0, 0.05) is 25.9 Å². The number of aliphatic hydroxyl groups excluding tert-OH is 1. The van der Waals surface area contributed by atoms with E-state index in [1.54, 1.807) is 7.11 Å². The van der Waals surface area contributed by atoms with Crippen LogP contribution in [-0.4, -0.2) is 57.1 Å². The van der Waals surface area contributed by atoms with Gasteiger partial charge in [-0.25, -0.2) is 9.67 Å². The van der Waals surface area contributed by atoms with E-state index in [0.717, 1.165) is 61.2 Å². The van der Waals surface area contributed by atoms with Gasteiger partial charge in [0.15, 0.2) is 5.65 Å². The number of methoxy groups -OCH3 is 1. The number of aliphatic hydroxyl groups is 1. The van der Waals surface area contributed by atoms with Gasteiger partial charge in [-0.3, -0.25) is 0 Å². The summed E-state index contributed by atoms with van der Waals surface area (Å²) in [5.74, 6) is 1.69. The zero-order valence-corrected chi connectivity index (χ0v) is 17.5. The van der Waals surface area contributed by atoms with Gasteiger partial charge in [0.2, 0.25) is 5.95 Å². The second-order valence-electron chi connectivity index (χ2n) is 8.51. The van der Waals surface area contributed by atoms with E-state index < -0.39 is 0 Å². The molecule has 2 aromatic heterocycles. The number of anilines is 2. The van der Waals surface area contributed by atoms with Gasteiger partial charge in [-0.1, -0.05) is 0 Å². The Labute approximate surface area is 175 Å². The lowest BCUT2D eigenvalue weighted by molar-refractivity contribution is 0.226. The first-order valence-electron chi connectivity index (χ1n) is 10.6. The minimum atomic E-state index is 0.241. The molecule has 1 aliphatic heterocycles. The molecule has 2 N–H and O–H groups in total. The zero-order chi connectivity index (χ0) is 20.7. The molecule has 30 heavy (non-hydrogen) atoms. The fourth-order valence-corrected chi connectivity index (χ4v) is 4.71. The lowest BCUT2D eigenvalue weighted by Crippen LogP contribution is -2.26. The van der Waals surface area contributed by atoms with Gasteiger partial charge in [0.05, 0.1) is 30.4 Å². The molecule has 1 saturated carbocycles. The van der Waals surface area contributed by atoms with E-state index >= 15 is 0 Å². The fourth-order valence-electron chi connectivity index (χ4n) is 4.71. The topological polar surface area (TPSA) is 88.3 Å². The van der Waals surface area contributed by atoms with Crippen LogP contribution in [0.4, 0.5) is 11.6 Å². The van der Waals surface area contributed by atoms with Gasteiger partial charge in [-0.05, 0) is 61.9 Å². The van der Waals surface area contributed by atoms with Crippen LogP contribution < -0.4 is 10.1 Å². The molecule has 0 radical (unpaired) electrons. The Balaban J connectivity index is 1.46. The number of fused-ring (bicyclic) bond motifs is 2. The minimum Gasteiger partial charge on any atom is -0.495 e. The summed E-state index contributed by atoms with van der Waals surface area (Å²) in [6, 6.07) is 4.55. The fraction of sp³-hybridized carbons (Fsp3) is 0.500. The standard InChI is InChI=1S/C22H28N6O2/c1-27-6-5-15-9-20(30-2)19(8-16(15)12-27)25-22-23-10-17-11-24-28(21(17)26-22)18-4-3-14(7-18)13-29/h8-11,14,18,29H,3-7,12-13H2,1-2H3,(H,23,25,26)/t14-,18-/m0/s1. The third-order valence-corrected chi connectivity index (χ3v) is 6.42. The van der Waals surface area contributed by atoms with Crippen LogP contribution in [0.1, 0.15) is 36.4 Å². The summed E-state index contributed by atoms with van der Waals surface area (Å²) in [6.07, 6.45) is 7.64. The second kappa shape index (κ2) is 7.85. The van der Waals surface area contributed by atoms with Gasteiger partial charge >= 0.3 is 0 Å². The smallest absolute Gasteiger partial charge is 0.229 e. The number of nitrogens with one attached hydrogen (secondary N) is 1. The summed E-state index contributed by atoms with van der Waals surface area (Å²) in [7, 11) is 3.83. The van der Waals surface area contributed by atoms with Crippen LogP contribution >= 0.6 is 0 Å². The van der Waals surface area contributed by atoms with Crippen LogP contribution in [0, 0.1) is 5.92 Å². The van der Waals surface area contributed by atoms with Crippen LogP contribution in [0.5, 0.6) is 5.75 Å². The van der Waals surface area contributed by atoms with E-state index in [-0.39, 0.29) is 12.6 Å². The SMILES string of the molecule is COc1cc2c(cc1Nc1ncc3cnn([C@H]4CC[C@H](CO)C4)c3n1)CN(C)CC2. The molecule has 8 heteroatoms. The molecule has 0 amide bonds. The Morgan fingerprint density at radius 1 is 1.23 bits per heavy atom. The van der Waals surface area contributed by atoms with Crippen LogP contribution in [0.3, 0.4) is 0 Å². The monoisotopic (exact) mass is 408 g/mol. The summed E-state index contributed by atoms with van der Waals surface area (Å²) < 4.78 is 7.64. The predicted molar refractivity (Wildman–Crippen MR) is 115 cm³/mol. The highest BCUT2D eigenvalue weighted by molar-refractivity contribution is 5.76. The predicted octanol–water partition coefficient (Wildman–Crippen LogP) is 2.90. The number of hydrogen-bond donors (Lipinski definition) is 2. The first-order valence-corrected chi connectivity index (χ1v) is 10.6. The number of nitrogens with zero attached hydrogens (tertiary/aromatic N) is 5. The molecule has 0 spiro atoms. The first-order chi connectivity index (χ1) is 14.6. The van der Waals surface area contributed by atoms with Crippen molar-refractivity contribution in [3.05, 3.63) is 35.7 Å². The van der Waals surface area contributed by atoms with Crippen molar-refractivity contribution in [1.82, 2.24) is 24.6 Å². The summed E-state index contributed by atoms with van der Waals surface area (Å²) in [6.45, 7) is 2.23. The van der Waals surface area contributed by atoms with Gasteiger partial charge < -0.3 is 20.1 Å². The summed E-state index contributed by atoms with van der Waals surface area (Å²) in [4.78, 5) is 11.6. The normalized spacial score (nSPS) is 21.7. The molecule has 158 valence electrons. The Bertz CT molecular complexity index is 1070. The van der Waals surface area contributed by atoms with Crippen LogP contribution in [-0.2, 0) is 13.0 Å². The molecule has 0 bridgehead atoms. The average Bonchev–Trinajstić information content (AvgIpc) is 3.39. The minimum absolute atomic E-state index is 0.241. The van der Waals surface area contributed by atoms with Crippen molar-refractivity contribution in [1.29, 1.82) is 0 Å². The zero-order valence-electron chi connectivity index (χ0n) is 17.5. The van der Waals surface area contributed by atoms with Crippen molar-refractivity contribution in [3.8, 4) is 5.75 Å². The molecular formula is C22H28N6O2. The van der Waals surface area contributed by atoms with Crippen molar-refractivity contribution < 1.29 is 9.84 Å². The molecule has 3 heterocycles. The Morgan fingerprint density at radius 2 is 2.13 bits per heavy atom. The molecule has 8 nitrogen and oxygen atoms in total. The number of likely N-dealkylation sites (N-methyl/N-ethyl adjacent to an activating group) is 1. The van der Waals surface area contributed by atoms with E-state index in [0.29, 0.717) is 11.9 Å². The molecule has 1 fully saturated rings. The Morgan fingerprint density at radius 3 is 2.93 bits per heavy atom. The maximum atomic E-state index is 9.47. The Hall–Kier alpha value is -2.71. The van der Waals surface area contributed by atoms with Crippen molar-refractivity contribution in [2.24, 2.45) is 5.92 Å². The summed E-state index contributed by atoms with van der Waals surface area (Å²) >= 11 is 0. The highest BCUT2D eigenvalue weighted by Crippen LogP contribution is 2.36. The van der Waals surface area contributed by atoms with Gasteiger partial charge in [0.25, 0.3) is 0 Å². The Kier molecular flexibility index (Phi) is 5.04. The maximum Gasteiger partial charge on any atom is 0.229 e. The van der Waals surface area contributed by atoms with E-state index in [1.165, 1.54) is 11.1 Å². The quantitative estimate of drug-likeness (QED) is 0.671. The third-order valence-electron chi connectivity index (χ3n) is 6.42. The van der Waals surface area contributed by atoms with Gasteiger partial charge in [0.1, 0.15) is 5.75 Å². The molecule has 0 saturated heterocycles. The number of benzene rings is 1. The van der Waals surface area contributed by atoms with E-state index in [2.05, 4.69) is 39.5 Å². The molecule has 1 aromatic carbocycles. The number of rotatable bonds is 5. The second-order valence-corrected chi connectivity index (χ2v) is 8.51. The molecule has 3 aromatic rings. The highest BCUT2D eigenvalue weighted by Gasteiger charge is 2.27. The van der Waals surface area contributed by atoms with E-state index in [4.69, 9.17) is 9.72 Å². The van der Waals surface area contributed by atoms with E-state index in [1.807, 2.05) is 17.1 Å². The van der Waals surface area contributed by atoms with Crippen molar-refractivity contribution in [2.45, 2.75) is 38.3 Å². The molecule has 5 rings (SSSR count). The van der Waals surface area contributed by atoms with Crippen LogP contribution in [0.2, 0.25) is 0 Å². The molecule has 0 unspecified atom stereocenters. The number of ether oxygens (including phenoxy) is 1. The van der Waals surface area contributed by atoms with Crippen molar-refractivity contribution >= 4 is 22.7 Å².